The van der Waals surface area contributed by atoms with Crippen LogP contribution in [0.1, 0.15) is 50.3 Å². The van der Waals surface area contributed by atoms with E-state index in [2.05, 4.69) is 54.1 Å². The third-order valence-electron chi connectivity index (χ3n) is 4.21. The molecule has 0 fully saturated rings. The summed E-state index contributed by atoms with van der Waals surface area (Å²) in [7, 11) is 0. The largest absolute Gasteiger partial charge is 0.481 e. The number of ether oxygens (including phenoxy) is 1. The number of carbonyl (C=O) groups excluding carboxylic acids is 1. The van der Waals surface area contributed by atoms with Crippen molar-refractivity contribution < 1.29 is 44.8 Å². The van der Waals surface area contributed by atoms with Crippen LogP contribution in [0.2, 0.25) is 0 Å². The van der Waals surface area contributed by atoms with Crippen LogP contribution in [0, 0.1) is 0 Å². The summed E-state index contributed by atoms with van der Waals surface area (Å²) < 4.78 is 4.87. The van der Waals surface area contributed by atoms with E-state index >= 15 is 0 Å². The summed E-state index contributed by atoms with van der Waals surface area (Å²) in [5, 5.41) is 30.9. The molecule has 0 radical (unpaired) electrons. The quantitative estimate of drug-likeness (QED) is 0.112. The summed E-state index contributed by atoms with van der Waals surface area (Å²) in [4.78, 5) is 28.4. The van der Waals surface area contributed by atoms with Gasteiger partial charge in [0.1, 0.15) is 0 Å². The summed E-state index contributed by atoms with van der Waals surface area (Å²) in [6.07, 6.45) is 6.04. The zero-order chi connectivity index (χ0) is 30.2. The number of aryl methyl sites for hydroxylation is 3. The molecule has 39 heavy (non-hydrogen) atoms. The summed E-state index contributed by atoms with van der Waals surface area (Å²) in [6.45, 7) is 13.3. The molecule has 9 nitrogen and oxygen atoms in total. The highest BCUT2D eigenvalue weighted by atomic mass is 17.1. The molecule has 0 atom stereocenters. The molecule has 0 aliphatic carbocycles. The molecule has 0 heterocycles. The molecule has 0 aliphatic heterocycles. The van der Waals surface area contributed by atoms with Crippen LogP contribution in [0.5, 0.6) is 0 Å². The highest BCUT2D eigenvalue weighted by Crippen LogP contribution is 2.07. The Balaban J connectivity index is -0.000000471. The van der Waals surface area contributed by atoms with E-state index in [0.29, 0.717) is 19.4 Å². The van der Waals surface area contributed by atoms with E-state index in [9.17, 15) is 9.59 Å². The van der Waals surface area contributed by atoms with Crippen LogP contribution in [0.15, 0.2) is 79.9 Å². The van der Waals surface area contributed by atoms with E-state index in [-0.39, 0.29) is 32.2 Å². The number of benzene rings is 2. The van der Waals surface area contributed by atoms with Crippen molar-refractivity contribution in [2.45, 2.75) is 52.9 Å². The van der Waals surface area contributed by atoms with Gasteiger partial charge >= 0.3 is 11.9 Å². The maximum atomic E-state index is 11.1. The maximum absolute atomic E-state index is 11.1. The molecule has 0 spiro atoms. The number of aliphatic hydroxyl groups excluding tert-OH is 1. The number of carbonyl (C=O) groups is 2. The maximum Gasteiger partial charge on any atom is 0.306 e. The zero-order valence-electron chi connectivity index (χ0n) is 23.5. The summed E-state index contributed by atoms with van der Waals surface area (Å²) in [5.41, 5.74) is 3.60. The summed E-state index contributed by atoms with van der Waals surface area (Å²) in [5.74, 6) is -0.856. The Morgan fingerprint density at radius 2 is 1.21 bits per heavy atom. The Morgan fingerprint density at radius 1 is 0.769 bits per heavy atom. The molecule has 0 saturated heterocycles. The fourth-order valence-electron chi connectivity index (χ4n) is 2.42. The first-order valence-corrected chi connectivity index (χ1v) is 12.6. The normalized spacial score (nSPS) is 8.87. The zero-order valence-corrected chi connectivity index (χ0v) is 23.5. The predicted octanol–water partition coefficient (Wildman–Crippen LogP) is 5.77. The minimum atomic E-state index is -0.742. The second kappa shape index (κ2) is 32.7. The van der Waals surface area contributed by atoms with Gasteiger partial charge in [0.05, 0.1) is 19.8 Å². The van der Waals surface area contributed by atoms with Crippen molar-refractivity contribution in [1.29, 1.82) is 0 Å². The SMILES string of the molecule is C=CCOO.C=CCOO.CCO.CCOC(=O)CCc1ccc(CC)cc1.O=C(O)CCc1ccccc1. The number of rotatable bonds is 12. The lowest BCUT2D eigenvalue weighted by Gasteiger charge is -2.03. The van der Waals surface area contributed by atoms with Gasteiger partial charge in [0.25, 0.3) is 0 Å². The second-order valence-electron chi connectivity index (χ2n) is 7.34. The highest BCUT2D eigenvalue weighted by Gasteiger charge is 2.02. The smallest absolute Gasteiger partial charge is 0.306 e. The number of aliphatic hydroxyl groups is 1. The van der Waals surface area contributed by atoms with Crippen molar-refractivity contribution in [1.82, 2.24) is 0 Å². The minimum absolute atomic E-state index is 0.114. The van der Waals surface area contributed by atoms with Crippen molar-refractivity contribution in [3.05, 3.63) is 96.6 Å². The Labute approximate surface area is 232 Å². The Hall–Kier alpha value is -3.34. The number of hydrogen-bond acceptors (Lipinski definition) is 8. The van der Waals surface area contributed by atoms with Gasteiger partial charge in [-0.2, -0.15) is 0 Å². The molecule has 0 unspecified atom stereocenters. The Bertz CT molecular complexity index is 812. The number of aliphatic carboxylic acids is 1. The first-order valence-electron chi connectivity index (χ1n) is 12.6. The molecule has 4 N–H and O–H groups in total. The lowest BCUT2D eigenvalue weighted by atomic mass is 10.1. The van der Waals surface area contributed by atoms with E-state index < -0.39 is 5.97 Å². The molecule has 0 aromatic heterocycles. The number of carboxylic acid groups (broad SMARTS) is 1. The van der Waals surface area contributed by atoms with Gasteiger partial charge in [-0.3, -0.25) is 20.1 Å². The van der Waals surface area contributed by atoms with Gasteiger partial charge in [0, 0.05) is 19.4 Å². The average Bonchev–Trinajstić information content (AvgIpc) is 2.94. The van der Waals surface area contributed by atoms with Crippen molar-refractivity contribution >= 4 is 11.9 Å². The van der Waals surface area contributed by atoms with Crippen molar-refractivity contribution in [2.24, 2.45) is 0 Å². The van der Waals surface area contributed by atoms with Gasteiger partial charge in [-0.15, -0.1) is 13.2 Å². The van der Waals surface area contributed by atoms with Gasteiger partial charge in [-0.05, 0) is 49.8 Å². The van der Waals surface area contributed by atoms with Gasteiger partial charge in [-0.1, -0.05) is 73.7 Å². The highest BCUT2D eigenvalue weighted by molar-refractivity contribution is 5.69. The molecule has 0 aliphatic rings. The number of hydrogen-bond donors (Lipinski definition) is 4. The third kappa shape index (κ3) is 32.6. The molecular formula is C30H46O9. The minimum Gasteiger partial charge on any atom is -0.481 e. The summed E-state index contributed by atoms with van der Waals surface area (Å²) >= 11 is 0. The van der Waals surface area contributed by atoms with Gasteiger partial charge in [-0.25, -0.2) is 9.78 Å². The summed E-state index contributed by atoms with van der Waals surface area (Å²) in [6, 6.07) is 18.0. The van der Waals surface area contributed by atoms with Gasteiger partial charge in [0.2, 0.25) is 0 Å². The van der Waals surface area contributed by atoms with Crippen LogP contribution < -0.4 is 0 Å². The van der Waals surface area contributed by atoms with Gasteiger partial charge in [0.15, 0.2) is 0 Å². The molecule has 2 aromatic carbocycles. The molecule has 9 heteroatoms. The molecule has 0 saturated carbocycles. The standard InChI is InChI=1S/C13H18O2.C9H10O2.2C3H6O2.C2H6O/c1-3-11-5-7-12(8-6-11)9-10-13(14)15-4-2;10-9(11)7-6-8-4-2-1-3-5-8;2*1-2-3-5-4;1-2-3/h5-8H,3-4,9-10H2,1-2H3;1-5H,6-7H2,(H,10,11);2*2,4H,1,3H2;3H,2H2,1H3. The Kier molecular flexibility index (Phi) is 33.7. The molecule has 0 amide bonds. The first-order chi connectivity index (χ1) is 18.8. The molecular weight excluding hydrogens is 504 g/mol. The van der Waals surface area contributed by atoms with E-state index in [1.165, 1.54) is 23.3 Å². The molecule has 2 aromatic rings. The molecule has 220 valence electrons. The van der Waals surface area contributed by atoms with Crippen LogP contribution in [0.3, 0.4) is 0 Å². The monoisotopic (exact) mass is 550 g/mol. The van der Waals surface area contributed by atoms with Crippen LogP contribution in [-0.2, 0) is 43.4 Å². The number of carboxylic acids is 1. The fraction of sp³-hybridized carbons (Fsp3) is 0.400. The Morgan fingerprint density at radius 3 is 1.56 bits per heavy atom. The lowest BCUT2D eigenvalue weighted by molar-refractivity contribution is -0.231. The fourth-order valence-corrected chi connectivity index (χ4v) is 2.42. The van der Waals surface area contributed by atoms with Gasteiger partial charge < -0.3 is 14.9 Å². The van der Waals surface area contributed by atoms with Crippen LogP contribution in [-0.4, -0.2) is 59.1 Å². The predicted molar refractivity (Wildman–Crippen MR) is 153 cm³/mol. The van der Waals surface area contributed by atoms with E-state index in [0.717, 1.165) is 18.4 Å². The average molecular weight is 551 g/mol. The van der Waals surface area contributed by atoms with E-state index in [1.807, 2.05) is 37.3 Å². The third-order valence-corrected chi connectivity index (χ3v) is 4.21. The van der Waals surface area contributed by atoms with Crippen molar-refractivity contribution in [3.63, 3.8) is 0 Å². The van der Waals surface area contributed by atoms with E-state index in [1.54, 1.807) is 6.92 Å². The van der Waals surface area contributed by atoms with Crippen molar-refractivity contribution in [2.75, 3.05) is 26.4 Å². The van der Waals surface area contributed by atoms with Crippen LogP contribution in [0.4, 0.5) is 0 Å². The number of esters is 1. The first kappa shape index (κ1) is 40.2. The van der Waals surface area contributed by atoms with Crippen LogP contribution in [0.25, 0.3) is 0 Å². The molecule has 2 rings (SSSR count). The molecule has 0 bridgehead atoms. The van der Waals surface area contributed by atoms with Crippen molar-refractivity contribution in [3.8, 4) is 0 Å². The van der Waals surface area contributed by atoms with Crippen LogP contribution >= 0.6 is 0 Å². The topological polar surface area (TPSA) is 143 Å². The lowest BCUT2D eigenvalue weighted by Crippen LogP contribution is -2.05. The van der Waals surface area contributed by atoms with E-state index in [4.69, 9.17) is 25.5 Å². The second-order valence-corrected chi connectivity index (χ2v) is 7.34.